The van der Waals surface area contributed by atoms with Gasteiger partial charge in [0.25, 0.3) is 0 Å². The Bertz CT molecular complexity index is 486. The van der Waals surface area contributed by atoms with E-state index in [4.69, 9.17) is 0 Å². The first-order chi connectivity index (χ1) is 9.31. The van der Waals surface area contributed by atoms with E-state index in [1.165, 1.54) is 5.56 Å². The number of rotatable bonds is 2. The minimum Gasteiger partial charge on any atom is -0.314 e. The van der Waals surface area contributed by atoms with Crippen LogP contribution in [0.15, 0.2) is 48.6 Å². The molecule has 1 unspecified atom stereocenters. The maximum absolute atomic E-state index is 13.2. The van der Waals surface area contributed by atoms with Crippen LogP contribution in [0.2, 0.25) is 0 Å². The lowest BCUT2D eigenvalue weighted by molar-refractivity contribution is 0.112. The molecule has 2 nitrogen and oxygen atoms in total. The first-order valence-corrected chi connectivity index (χ1v) is 6.87. The van der Waals surface area contributed by atoms with E-state index in [0.29, 0.717) is 0 Å². The molecule has 3 heteroatoms. The van der Waals surface area contributed by atoms with Crippen molar-refractivity contribution < 1.29 is 4.39 Å². The molecule has 0 amide bonds. The highest BCUT2D eigenvalue weighted by atomic mass is 19.1. The molecule has 1 saturated heterocycles. The Balaban J connectivity index is 1.98. The van der Waals surface area contributed by atoms with E-state index in [2.05, 4.69) is 34.5 Å². The lowest BCUT2D eigenvalue weighted by atomic mass is 9.81. The van der Waals surface area contributed by atoms with Gasteiger partial charge in [-0.3, -0.25) is 4.90 Å². The lowest BCUT2D eigenvalue weighted by Crippen LogP contribution is -2.53. The van der Waals surface area contributed by atoms with Crippen LogP contribution in [0.4, 0.5) is 4.39 Å². The molecule has 0 saturated carbocycles. The Morgan fingerprint density at radius 3 is 2.42 bits per heavy atom. The van der Waals surface area contributed by atoms with Gasteiger partial charge in [0.15, 0.2) is 0 Å². The van der Waals surface area contributed by atoms with Crippen LogP contribution in [0.5, 0.6) is 0 Å². The minimum atomic E-state index is -0.172. The molecule has 3 rings (SSSR count). The summed E-state index contributed by atoms with van der Waals surface area (Å²) in [6.07, 6.45) is 9.60. The molecule has 1 aliphatic carbocycles. The fraction of sp³-hybridized carbons (Fsp3) is 0.375. The summed E-state index contributed by atoms with van der Waals surface area (Å²) in [7, 11) is 0. The van der Waals surface area contributed by atoms with Gasteiger partial charge in [-0.1, -0.05) is 36.4 Å². The molecule has 100 valence electrons. The van der Waals surface area contributed by atoms with Crippen LogP contribution in [0.25, 0.3) is 0 Å². The second-order valence-corrected chi connectivity index (χ2v) is 5.16. The smallest absolute Gasteiger partial charge is 0.123 e. The molecular formula is C16H19FN2. The number of allylic oxidation sites excluding steroid dienone is 2. The zero-order chi connectivity index (χ0) is 13.1. The van der Waals surface area contributed by atoms with Gasteiger partial charge in [-0.2, -0.15) is 0 Å². The summed E-state index contributed by atoms with van der Waals surface area (Å²) in [6, 6.07) is 6.96. The molecular weight excluding hydrogens is 239 g/mol. The first kappa shape index (κ1) is 12.6. The van der Waals surface area contributed by atoms with Crippen molar-refractivity contribution in [3.8, 4) is 0 Å². The van der Waals surface area contributed by atoms with Crippen LogP contribution in [-0.2, 0) is 5.54 Å². The highest BCUT2D eigenvalue weighted by Crippen LogP contribution is 2.36. The fourth-order valence-corrected chi connectivity index (χ4v) is 3.04. The zero-order valence-corrected chi connectivity index (χ0v) is 11.0. The summed E-state index contributed by atoms with van der Waals surface area (Å²) < 4.78 is 13.2. The number of hydrogen-bond acceptors (Lipinski definition) is 2. The van der Waals surface area contributed by atoms with Crippen molar-refractivity contribution in [3.05, 3.63) is 60.0 Å². The van der Waals surface area contributed by atoms with Crippen LogP contribution < -0.4 is 5.32 Å². The third kappa shape index (κ3) is 2.36. The molecule has 19 heavy (non-hydrogen) atoms. The van der Waals surface area contributed by atoms with Gasteiger partial charge in [0.05, 0.1) is 5.54 Å². The molecule has 0 aromatic heterocycles. The number of halogens is 1. The summed E-state index contributed by atoms with van der Waals surface area (Å²) in [5, 5.41) is 3.39. The monoisotopic (exact) mass is 258 g/mol. The second-order valence-electron chi connectivity index (χ2n) is 5.16. The van der Waals surface area contributed by atoms with Crippen molar-refractivity contribution in [2.45, 2.75) is 12.0 Å². The molecule has 1 heterocycles. The van der Waals surface area contributed by atoms with Crippen molar-refractivity contribution in [2.24, 2.45) is 0 Å². The van der Waals surface area contributed by atoms with Crippen molar-refractivity contribution in [2.75, 3.05) is 26.2 Å². The fourth-order valence-electron chi connectivity index (χ4n) is 3.04. The van der Waals surface area contributed by atoms with Crippen molar-refractivity contribution in [3.63, 3.8) is 0 Å². The molecule has 1 fully saturated rings. The van der Waals surface area contributed by atoms with Gasteiger partial charge in [0.2, 0.25) is 0 Å². The molecule has 1 aliphatic heterocycles. The van der Waals surface area contributed by atoms with E-state index in [1.54, 1.807) is 12.1 Å². The molecule has 1 aromatic carbocycles. The van der Waals surface area contributed by atoms with Crippen LogP contribution in [0.1, 0.15) is 12.0 Å². The Morgan fingerprint density at radius 2 is 1.79 bits per heavy atom. The Hall–Kier alpha value is -1.45. The first-order valence-electron chi connectivity index (χ1n) is 6.87. The van der Waals surface area contributed by atoms with Crippen molar-refractivity contribution in [1.82, 2.24) is 10.2 Å². The van der Waals surface area contributed by atoms with Gasteiger partial charge >= 0.3 is 0 Å². The summed E-state index contributed by atoms with van der Waals surface area (Å²) >= 11 is 0. The van der Waals surface area contributed by atoms with Gasteiger partial charge in [-0.25, -0.2) is 4.39 Å². The standard InChI is InChI=1S/C16H19FN2/c17-15-6-4-14(5-7-15)16(8-2-1-3-9-16)19-12-10-18-11-13-19/h1-8,18H,9-13H2. The van der Waals surface area contributed by atoms with Gasteiger partial charge in [-0.15, -0.1) is 0 Å². The van der Waals surface area contributed by atoms with E-state index in [1.807, 2.05) is 12.1 Å². The summed E-state index contributed by atoms with van der Waals surface area (Å²) in [6.45, 7) is 4.08. The van der Waals surface area contributed by atoms with Crippen molar-refractivity contribution in [1.29, 1.82) is 0 Å². The predicted octanol–water partition coefficient (Wildman–Crippen LogP) is 2.44. The van der Waals surface area contributed by atoms with Crippen LogP contribution in [0, 0.1) is 5.82 Å². The SMILES string of the molecule is Fc1ccc(C2(N3CCNCC3)C=CC=CC2)cc1. The molecule has 1 aromatic rings. The van der Waals surface area contributed by atoms with Crippen LogP contribution in [-0.4, -0.2) is 31.1 Å². The van der Waals surface area contributed by atoms with Crippen molar-refractivity contribution >= 4 is 0 Å². The summed E-state index contributed by atoms with van der Waals surface area (Å²) in [5.41, 5.74) is 1.07. The number of benzene rings is 1. The third-order valence-corrected chi connectivity index (χ3v) is 4.07. The third-order valence-electron chi connectivity index (χ3n) is 4.07. The Morgan fingerprint density at radius 1 is 1.05 bits per heavy atom. The maximum Gasteiger partial charge on any atom is 0.123 e. The Labute approximate surface area is 113 Å². The highest BCUT2D eigenvalue weighted by molar-refractivity contribution is 5.35. The number of hydrogen-bond donors (Lipinski definition) is 1. The van der Waals surface area contributed by atoms with E-state index in [-0.39, 0.29) is 11.4 Å². The lowest BCUT2D eigenvalue weighted by Gasteiger charge is -2.45. The van der Waals surface area contributed by atoms with Gasteiger partial charge in [-0.05, 0) is 24.1 Å². The topological polar surface area (TPSA) is 15.3 Å². The highest BCUT2D eigenvalue weighted by Gasteiger charge is 2.36. The normalized spacial score (nSPS) is 27.6. The van der Waals surface area contributed by atoms with Crippen LogP contribution >= 0.6 is 0 Å². The minimum absolute atomic E-state index is 0.107. The van der Waals surface area contributed by atoms with E-state index < -0.39 is 0 Å². The molecule has 2 aliphatic rings. The molecule has 1 N–H and O–H groups in total. The molecule has 0 bridgehead atoms. The van der Waals surface area contributed by atoms with E-state index >= 15 is 0 Å². The quantitative estimate of drug-likeness (QED) is 0.876. The van der Waals surface area contributed by atoms with E-state index in [0.717, 1.165) is 32.6 Å². The average Bonchev–Trinajstić information content (AvgIpc) is 2.49. The average molecular weight is 258 g/mol. The molecule has 0 spiro atoms. The Kier molecular flexibility index (Phi) is 3.49. The number of piperazine rings is 1. The number of nitrogens with zero attached hydrogens (tertiary/aromatic N) is 1. The molecule has 1 atom stereocenters. The maximum atomic E-state index is 13.2. The predicted molar refractivity (Wildman–Crippen MR) is 75.4 cm³/mol. The van der Waals surface area contributed by atoms with E-state index in [9.17, 15) is 4.39 Å². The number of nitrogens with one attached hydrogen (secondary N) is 1. The summed E-state index contributed by atoms with van der Waals surface area (Å²) in [4.78, 5) is 2.50. The zero-order valence-electron chi connectivity index (χ0n) is 11.0. The largest absolute Gasteiger partial charge is 0.314 e. The van der Waals surface area contributed by atoms with Crippen LogP contribution in [0.3, 0.4) is 0 Å². The molecule has 0 radical (unpaired) electrons. The van der Waals surface area contributed by atoms with Gasteiger partial charge < -0.3 is 5.32 Å². The van der Waals surface area contributed by atoms with Gasteiger partial charge in [0.1, 0.15) is 5.82 Å². The second kappa shape index (κ2) is 5.27. The summed E-state index contributed by atoms with van der Waals surface area (Å²) in [5.74, 6) is -0.172. The van der Waals surface area contributed by atoms with Gasteiger partial charge in [0, 0.05) is 26.2 Å².